The van der Waals surface area contributed by atoms with Crippen molar-refractivity contribution in [2.45, 2.75) is 33.9 Å². The van der Waals surface area contributed by atoms with Crippen molar-refractivity contribution in [2.75, 3.05) is 36.0 Å². The molecule has 0 aliphatic rings. The molecule has 0 bridgehead atoms. The van der Waals surface area contributed by atoms with E-state index in [1.165, 1.54) is 12.1 Å². The van der Waals surface area contributed by atoms with E-state index >= 15 is 0 Å². The molecule has 28 heavy (non-hydrogen) atoms. The van der Waals surface area contributed by atoms with Gasteiger partial charge in [0, 0.05) is 48.7 Å². The molecule has 0 saturated heterocycles. The Kier molecular flexibility index (Phi) is 7.11. The fraction of sp³-hybridized carbons (Fsp3) is 0.409. The second-order valence-electron chi connectivity index (χ2n) is 6.45. The van der Waals surface area contributed by atoms with Crippen molar-refractivity contribution >= 4 is 17.2 Å². The van der Waals surface area contributed by atoms with Crippen LogP contribution in [0.4, 0.5) is 24.5 Å². The van der Waals surface area contributed by atoms with Crippen LogP contribution in [0.1, 0.15) is 49.2 Å². The minimum atomic E-state index is -4.42. The molecule has 0 saturated carbocycles. The van der Waals surface area contributed by atoms with E-state index < -0.39 is 11.7 Å². The summed E-state index contributed by atoms with van der Waals surface area (Å²) in [7, 11) is 0. The standard InChI is InChI=1S/C22H27F3N2O/c1-5-26(6-2)18-13-14-19(20(15-18)27(7-3)8-4)21(28)16-9-11-17(12-10-16)22(23,24)25/h9-15H,5-8H2,1-4H3. The highest BCUT2D eigenvalue weighted by Gasteiger charge is 2.30. The largest absolute Gasteiger partial charge is 0.416 e. The average Bonchev–Trinajstić information content (AvgIpc) is 2.69. The van der Waals surface area contributed by atoms with Crippen LogP contribution in [0, 0.1) is 0 Å². The molecule has 0 radical (unpaired) electrons. The van der Waals surface area contributed by atoms with Gasteiger partial charge in [0.05, 0.1) is 5.56 Å². The molecule has 0 unspecified atom stereocenters. The molecule has 0 aromatic heterocycles. The van der Waals surface area contributed by atoms with Crippen LogP contribution in [0.3, 0.4) is 0 Å². The zero-order valence-corrected chi connectivity index (χ0v) is 16.8. The van der Waals surface area contributed by atoms with Crippen molar-refractivity contribution in [3.8, 4) is 0 Å². The lowest BCUT2D eigenvalue weighted by atomic mass is 9.99. The summed E-state index contributed by atoms with van der Waals surface area (Å²) in [5.74, 6) is -0.276. The number of carbonyl (C=O) groups is 1. The zero-order chi connectivity index (χ0) is 20.9. The van der Waals surface area contributed by atoms with Crippen LogP contribution in [0.25, 0.3) is 0 Å². The minimum Gasteiger partial charge on any atom is -0.372 e. The molecule has 0 spiro atoms. The Morgan fingerprint density at radius 3 is 1.82 bits per heavy atom. The normalized spacial score (nSPS) is 11.4. The molecule has 2 aromatic carbocycles. The van der Waals surface area contributed by atoms with Crippen LogP contribution >= 0.6 is 0 Å². The topological polar surface area (TPSA) is 23.6 Å². The second kappa shape index (κ2) is 9.13. The monoisotopic (exact) mass is 392 g/mol. The number of rotatable bonds is 8. The maximum absolute atomic E-state index is 13.1. The lowest BCUT2D eigenvalue weighted by Crippen LogP contribution is -2.26. The minimum absolute atomic E-state index is 0.247. The summed E-state index contributed by atoms with van der Waals surface area (Å²) in [6, 6.07) is 10.1. The van der Waals surface area contributed by atoms with E-state index in [1.54, 1.807) is 6.07 Å². The van der Waals surface area contributed by atoms with Gasteiger partial charge in [0.15, 0.2) is 5.78 Å². The molecular formula is C22H27F3N2O. The lowest BCUT2D eigenvalue weighted by Gasteiger charge is -2.27. The van der Waals surface area contributed by atoms with Crippen molar-refractivity contribution in [1.29, 1.82) is 0 Å². The number of halogens is 3. The fourth-order valence-electron chi connectivity index (χ4n) is 3.29. The number of anilines is 2. The summed E-state index contributed by atoms with van der Waals surface area (Å²) in [5.41, 5.74) is 1.82. The maximum atomic E-state index is 13.1. The van der Waals surface area contributed by atoms with Crippen molar-refractivity contribution in [2.24, 2.45) is 0 Å². The lowest BCUT2D eigenvalue weighted by molar-refractivity contribution is -0.137. The summed E-state index contributed by atoms with van der Waals surface area (Å²) >= 11 is 0. The van der Waals surface area contributed by atoms with Gasteiger partial charge >= 0.3 is 6.18 Å². The Balaban J connectivity index is 2.49. The van der Waals surface area contributed by atoms with E-state index in [0.29, 0.717) is 5.56 Å². The number of hydrogen-bond donors (Lipinski definition) is 0. The van der Waals surface area contributed by atoms with E-state index in [-0.39, 0.29) is 11.3 Å². The van der Waals surface area contributed by atoms with Gasteiger partial charge in [0.1, 0.15) is 0 Å². The first-order valence-corrected chi connectivity index (χ1v) is 9.62. The molecule has 3 nitrogen and oxygen atoms in total. The van der Waals surface area contributed by atoms with Crippen molar-refractivity contribution in [1.82, 2.24) is 0 Å². The summed E-state index contributed by atoms with van der Waals surface area (Å²) in [4.78, 5) is 17.3. The van der Waals surface area contributed by atoms with Gasteiger partial charge in [-0.2, -0.15) is 13.2 Å². The molecule has 0 fully saturated rings. The van der Waals surface area contributed by atoms with Gasteiger partial charge in [0.2, 0.25) is 0 Å². The van der Waals surface area contributed by atoms with E-state index in [0.717, 1.165) is 49.7 Å². The van der Waals surface area contributed by atoms with Gasteiger partial charge in [-0.25, -0.2) is 0 Å². The van der Waals surface area contributed by atoms with Gasteiger partial charge in [-0.1, -0.05) is 12.1 Å². The first kappa shape index (κ1) is 21.8. The number of benzene rings is 2. The predicted octanol–water partition coefficient (Wildman–Crippen LogP) is 5.63. The molecule has 0 heterocycles. The highest BCUT2D eigenvalue weighted by Crippen LogP contribution is 2.31. The number of carbonyl (C=O) groups excluding carboxylic acids is 1. The van der Waals surface area contributed by atoms with Gasteiger partial charge in [-0.3, -0.25) is 4.79 Å². The van der Waals surface area contributed by atoms with E-state index in [4.69, 9.17) is 0 Å². The molecule has 152 valence electrons. The molecule has 0 aliphatic carbocycles. The van der Waals surface area contributed by atoms with Gasteiger partial charge in [0.25, 0.3) is 0 Å². The molecular weight excluding hydrogens is 365 g/mol. The Bertz CT molecular complexity index is 792. The van der Waals surface area contributed by atoms with Gasteiger partial charge in [-0.05, 0) is 58.0 Å². The summed E-state index contributed by atoms with van der Waals surface area (Å²) in [5, 5.41) is 0. The first-order valence-electron chi connectivity index (χ1n) is 9.62. The summed E-state index contributed by atoms with van der Waals surface area (Å²) in [6.07, 6.45) is -4.42. The van der Waals surface area contributed by atoms with Crippen LogP contribution in [-0.2, 0) is 6.18 Å². The van der Waals surface area contributed by atoms with Crippen LogP contribution in [0.5, 0.6) is 0 Å². The van der Waals surface area contributed by atoms with Crippen molar-refractivity contribution in [3.05, 3.63) is 59.2 Å². The number of alkyl halides is 3. The van der Waals surface area contributed by atoms with Crippen molar-refractivity contribution < 1.29 is 18.0 Å². The molecule has 0 atom stereocenters. The average molecular weight is 392 g/mol. The number of nitrogens with zero attached hydrogens (tertiary/aromatic N) is 2. The Labute approximate surface area is 164 Å². The summed E-state index contributed by atoms with van der Waals surface area (Å²) < 4.78 is 38.4. The smallest absolute Gasteiger partial charge is 0.372 e. The quantitative estimate of drug-likeness (QED) is 0.544. The third-order valence-electron chi connectivity index (χ3n) is 4.93. The fourth-order valence-corrected chi connectivity index (χ4v) is 3.29. The Morgan fingerprint density at radius 2 is 1.36 bits per heavy atom. The van der Waals surface area contributed by atoms with E-state index in [9.17, 15) is 18.0 Å². The van der Waals surface area contributed by atoms with Crippen LogP contribution in [-0.4, -0.2) is 32.0 Å². The molecule has 2 rings (SSSR count). The van der Waals surface area contributed by atoms with Crippen LogP contribution in [0.15, 0.2) is 42.5 Å². The third kappa shape index (κ3) is 4.66. The van der Waals surface area contributed by atoms with E-state index in [1.807, 2.05) is 26.0 Å². The number of hydrogen-bond acceptors (Lipinski definition) is 3. The zero-order valence-electron chi connectivity index (χ0n) is 16.8. The first-order chi connectivity index (χ1) is 13.3. The third-order valence-corrected chi connectivity index (χ3v) is 4.93. The predicted molar refractivity (Wildman–Crippen MR) is 108 cm³/mol. The maximum Gasteiger partial charge on any atom is 0.416 e. The van der Waals surface area contributed by atoms with Crippen LogP contribution in [0.2, 0.25) is 0 Å². The highest BCUT2D eigenvalue weighted by molar-refractivity contribution is 6.12. The number of ketones is 1. The molecule has 6 heteroatoms. The highest BCUT2D eigenvalue weighted by atomic mass is 19.4. The Hall–Kier alpha value is -2.50. The Morgan fingerprint density at radius 1 is 0.821 bits per heavy atom. The second-order valence-corrected chi connectivity index (χ2v) is 6.45. The SMILES string of the molecule is CCN(CC)c1ccc(C(=O)c2ccc(C(F)(F)F)cc2)c(N(CC)CC)c1. The molecule has 0 aliphatic heterocycles. The molecule has 0 N–H and O–H groups in total. The van der Waals surface area contributed by atoms with Gasteiger partial charge in [-0.15, -0.1) is 0 Å². The summed E-state index contributed by atoms with van der Waals surface area (Å²) in [6.45, 7) is 11.3. The van der Waals surface area contributed by atoms with Crippen LogP contribution < -0.4 is 9.80 Å². The van der Waals surface area contributed by atoms with E-state index in [2.05, 4.69) is 23.6 Å². The molecule has 2 aromatic rings. The molecule has 0 amide bonds. The van der Waals surface area contributed by atoms with Gasteiger partial charge < -0.3 is 9.80 Å². The van der Waals surface area contributed by atoms with Crippen molar-refractivity contribution in [3.63, 3.8) is 0 Å².